The first-order chi connectivity index (χ1) is 8.52. The minimum atomic E-state index is -0.662. The van der Waals surface area contributed by atoms with Gasteiger partial charge in [0.2, 0.25) is 0 Å². The predicted octanol–water partition coefficient (Wildman–Crippen LogP) is 2.79. The zero-order valence-electron chi connectivity index (χ0n) is 10.7. The molecule has 1 amide bonds. The Balaban J connectivity index is 2.31. The Morgan fingerprint density at radius 3 is 2.83 bits per heavy atom. The Morgan fingerprint density at radius 2 is 2.17 bits per heavy atom. The Labute approximate surface area is 106 Å². The zero-order valence-corrected chi connectivity index (χ0v) is 10.7. The molecule has 1 aliphatic rings. The monoisotopic (exact) mass is 251 g/mol. The molecule has 4 heteroatoms. The second-order valence-electron chi connectivity index (χ2n) is 4.99. The number of amides is 1. The fourth-order valence-corrected chi connectivity index (χ4v) is 2.49. The molecule has 0 radical (unpaired) electrons. The maximum absolute atomic E-state index is 13.7. The van der Waals surface area contributed by atoms with E-state index in [9.17, 15) is 14.3 Å². The van der Waals surface area contributed by atoms with Crippen molar-refractivity contribution in [2.45, 2.75) is 32.7 Å². The number of piperidine rings is 1. The normalized spacial score (nSPS) is 24.1. The number of phenols is 1. The van der Waals surface area contributed by atoms with Crippen molar-refractivity contribution in [3.63, 3.8) is 0 Å². The number of hydrogen-bond acceptors (Lipinski definition) is 2. The number of nitrogens with zero attached hydrogens (tertiary/aromatic N) is 1. The van der Waals surface area contributed by atoms with E-state index in [4.69, 9.17) is 0 Å². The lowest BCUT2D eigenvalue weighted by atomic mass is 9.91. The highest BCUT2D eigenvalue weighted by Crippen LogP contribution is 2.28. The number of benzene rings is 1. The SMILES string of the molecule is CC1CCCN(C(=O)c2c(O)cccc2F)C1C. The third-order valence-corrected chi connectivity index (χ3v) is 3.84. The number of likely N-dealkylation sites (tertiary alicyclic amines) is 1. The Morgan fingerprint density at radius 1 is 1.44 bits per heavy atom. The van der Waals surface area contributed by atoms with Crippen LogP contribution in [0.3, 0.4) is 0 Å². The van der Waals surface area contributed by atoms with Crippen molar-refractivity contribution in [3.05, 3.63) is 29.6 Å². The van der Waals surface area contributed by atoms with Crippen LogP contribution in [-0.2, 0) is 0 Å². The Bertz CT molecular complexity index is 441. The predicted molar refractivity (Wildman–Crippen MR) is 67.0 cm³/mol. The van der Waals surface area contributed by atoms with Gasteiger partial charge in [-0.05, 0) is 37.8 Å². The van der Waals surface area contributed by atoms with E-state index in [1.54, 1.807) is 4.90 Å². The van der Waals surface area contributed by atoms with Gasteiger partial charge in [0, 0.05) is 12.6 Å². The molecular formula is C14H18FNO2. The second-order valence-corrected chi connectivity index (χ2v) is 4.99. The van der Waals surface area contributed by atoms with E-state index in [-0.39, 0.29) is 17.4 Å². The number of carbonyl (C=O) groups excluding carboxylic acids is 1. The number of carbonyl (C=O) groups is 1. The van der Waals surface area contributed by atoms with Crippen LogP contribution in [-0.4, -0.2) is 28.5 Å². The smallest absolute Gasteiger partial charge is 0.260 e. The van der Waals surface area contributed by atoms with E-state index >= 15 is 0 Å². The van der Waals surface area contributed by atoms with Gasteiger partial charge in [-0.15, -0.1) is 0 Å². The average Bonchev–Trinajstić information content (AvgIpc) is 2.32. The Hall–Kier alpha value is -1.58. The summed E-state index contributed by atoms with van der Waals surface area (Å²) in [6.45, 7) is 4.68. The quantitative estimate of drug-likeness (QED) is 0.833. The molecule has 0 saturated carbocycles. The van der Waals surface area contributed by atoms with Gasteiger partial charge in [-0.25, -0.2) is 4.39 Å². The van der Waals surface area contributed by atoms with Crippen LogP contribution in [0.5, 0.6) is 5.75 Å². The fraction of sp³-hybridized carbons (Fsp3) is 0.500. The molecule has 0 aliphatic carbocycles. The fourth-order valence-electron chi connectivity index (χ4n) is 2.49. The molecule has 98 valence electrons. The molecular weight excluding hydrogens is 233 g/mol. The van der Waals surface area contributed by atoms with Crippen LogP contribution in [0.1, 0.15) is 37.0 Å². The van der Waals surface area contributed by atoms with Crippen LogP contribution in [0.15, 0.2) is 18.2 Å². The van der Waals surface area contributed by atoms with Crippen molar-refractivity contribution in [2.24, 2.45) is 5.92 Å². The molecule has 1 aromatic rings. The van der Waals surface area contributed by atoms with Crippen molar-refractivity contribution in [1.29, 1.82) is 0 Å². The number of halogens is 1. The lowest BCUT2D eigenvalue weighted by Gasteiger charge is -2.38. The molecule has 0 spiro atoms. The Kier molecular flexibility index (Phi) is 3.55. The summed E-state index contributed by atoms with van der Waals surface area (Å²) in [7, 11) is 0. The first kappa shape index (κ1) is 12.9. The minimum absolute atomic E-state index is 0.0743. The average molecular weight is 251 g/mol. The molecule has 1 N–H and O–H groups in total. The molecule has 2 atom stereocenters. The lowest BCUT2D eigenvalue weighted by Crippen LogP contribution is -2.46. The van der Waals surface area contributed by atoms with Crippen molar-refractivity contribution < 1.29 is 14.3 Å². The minimum Gasteiger partial charge on any atom is -0.507 e. The van der Waals surface area contributed by atoms with E-state index in [1.807, 2.05) is 6.92 Å². The molecule has 2 unspecified atom stereocenters. The van der Waals surface area contributed by atoms with E-state index in [0.29, 0.717) is 12.5 Å². The lowest BCUT2D eigenvalue weighted by molar-refractivity contribution is 0.0543. The van der Waals surface area contributed by atoms with Crippen molar-refractivity contribution in [1.82, 2.24) is 4.90 Å². The second kappa shape index (κ2) is 4.96. The van der Waals surface area contributed by atoms with Gasteiger partial charge in [-0.3, -0.25) is 4.79 Å². The van der Waals surface area contributed by atoms with Gasteiger partial charge in [0.25, 0.3) is 5.91 Å². The summed E-state index contributed by atoms with van der Waals surface area (Å²) < 4.78 is 13.7. The van der Waals surface area contributed by atoms with E-state index in [0.717, 1.165) is 12.8 Å². The highest BCUT2D eigenvalue weighted by atomic mass is 19.1. The van der Waals surface area contributed by atoms with Gasteiger partial charge in [-0.2, -0.15) is 0 Å². The molecule has 0 aromatic heterocycles. The van der Waals surface area contributed by atoms with Crippen LogP contribution in [0.25, 0.3) is 0 Å². The molecule has 3 nitrogen and oxygen atoms in total. The van der Waals surface area contributed by atoms with Crippen molar-refractivity contribution in [3.8, 4) is 5.75 Å². The van der Waals surface area contributed by atoms with Crippen LogP contribution in [0.2, 0.25) is 0 Å². The maximum Gasteiger partial charge on any atom is 0.260 e. The molecule has 18 heavy (non-hydrogen) atoms. The van der Waals surface area contributed by atoms with Gasteiger partial charge in [0.1, 0.15) is 17.1 Å². The summed E-state index contributed by atoms with van der Waals surface area (Å²) in [5.74, 6) is -0.961. The summed E-state index contributed by atoms with van der Waals surface area (Å²) in [5.41, 5.74) is -0.210. The molecule has 1 aliphatic heterocycles. The highest BCUT2D eigenvalue weighted by Gasteiger charge is 2.31. The molecule has 1 aromatic carbocycles. The van der Waals surface area contributed by atoms with E-state index < -0.39 is 11.7 Å². The van der Waals surface area contributed by atoms with Gasteiger partial charge in [0.15, 0.2) is 0 Å². The zero-order chi connectivity index (χ0) is 13.3. The van der Waals surface area contributed by atoms with Crippen molar-refractivity contribution >= 4 is 5.91 Å². The van der Waals surface area contributed by atoms with Crippen LogP contribution in [0.4, 0.5) is 4.39 Å². The highest BCUT2D eigenvalue weighted by molar-refractivity contribution is 5.97. The summed E-state index contributed by atoms with van der Waals surface area (Å²) in [6, 6.07) is 4.01. The van der Waals surface area contributed by atoms with Gasteiger partial charge < -0.3 is 10.0 Å². The first-order valence-corrected chi connectivity index (χ1v) is 6.31. The third kappa shape index (κ3) is 2.19. The molecule has 0 bridgehead atoms. The summed E-state index contributed by atoms with van der Waals surface area (Å²) in [4.78, 5) is 14.0. The first-order valence-electron chi connectivity index (χ1n) is 6.31. The molecule has 1 heterocycles. The van der Waals surface area contributed by atoms with Crippen LogP contribution >= 0.6 is 0 Å². The summed E-state index contributed by atoms with van der Waals surface area (Å²) in [6.07, 6.45) is 2.00. The van der Waals surface area contributed by atoms with Crippen LogP contribution in [0, 0.1) is 11.7 Å². The molecule has 1 fully saturated rings. The number of hydrogen-bond donors (Lipinski definition) is 1. The van der Waals surface area contributed by atoms with Gasteiger partial charge in [0.05, 0.1) is 0 Å². The standard InChI is InChI=1S/C14H18FNO2/c1-9-5-4-8-16(10(9)2)14(18)13-11(15)6-3-7-12(13)17/h3,6-7,9-10,17H,4-5,8H2,1-2H3. The largest absolute Gasteiger partial charge is 0.507 e. The molecule has 1 saturated heterocycles. The van der Waals surface area contributed by atoms with Gasteiger partial charge in [-0.1, -0.05) is 13.0 Å². The molecule has 2 rings (SSSR count). The van der Waals surface area contributed by atoms with E-state index in [1.165, 1.54) is 18.2 Å². The number of rotatable bonds is 1. The van der Waals surface area contributed by atoms with Gasteiger partial charge >= 0.3 is 0 Å². The maximum atomic E-state index is 13.7. The van der Waals surface area contributed by atoms with Crippen LogP contribution < -0.4 is 0 Å². The van der Waals surface area contributed by atoms with Crippen molar-refractivity contribution in [2.75, 3.05) is 6.54 Å². The summed E-state index contributed by atoms with van der Waals surface area (Å²) >= 11 is 0. The topological polar surface area (TPSA) is 40.5 Å². The number of aromatic hydroxyl groups is 1. The third-order valence-electron chi connectivity index (χ3n) is 3.84. The summed E-state index contributed by atoms with van der Waals surface area (Å²) in [5, 5.41) is 9.66. The number of phenolic OH excluding ortho intramolecular Hbond substituents is 1. The van der Waals surface area contributed by atoms with E-state index in [2.05, 4.69) is 6.92 Å².